The fourth-order valence-electron chi connectivity index (χ4n) is 1.34. The number of aliphatic hydroxyl groups excluding tert-OH is 1. The maximum Gasteiger partial charge on any atom is 0.326 e. The van der Waals surface area contributed by atoms with E-state index in [0.29, 0.717) is 0 Å². The van der Waals surface area contributed by atoms with E-state index < -0.39 is 24.0 Å². The lowest BCUT2D eigenvalue weighted by Gasteiger charge is -2.15. The third-order valence-electron chi connectivity index (χ3n) is 2.28. The Morgan fingerprint density at radius 1 is 1.29 bits per heavy atom. The van der Waals surface area contributed by atoms with Crippen LogP contribution in [0.3, 0.4) is 0 Å². The third kappa shape index (κ3) is 4.24. The molecule has 0 heterocycles. The standard InChI is InChI=1S/C12H15NO4/c1-8(14)11(15)13-10(12(16)17)7-9-5-3-2-4-6-9/h2-6,8,10,14H,7H2,1H3,(H,13,15)(H,16,17). The van der Waals surface area contributed by atoms with Crippen molar-refractivity contribution in [1.82, 2.24) is 5.32 Å². The topological polar surface area (TPSA) is 86.6 Å². The van der Waals surface area contributed by atoms with Gasteiger partial charge in [-0.25, -0.2) is 4.79 Å². The Kier molecular flexibility index (Phi) is 4.66. The number of benzene rings is 1. The zero-order chi connectivity index (χ0) is 12.8. The number of carboxylic acids is 1. The number of aliphatic carboxylic acids is 1. The zero-order valence-corrected chi connectivity index (χ0v) is 9.46. The lowest BCUT2D eigenvalue weighted by molar-refractivity contribution is -0.143. The van der Waals surface area contributed by atoms with Gasteiger partial charge in [0.05, 0.1) is 0 Å². The number of carbonyl (C=O) groups excluding carboxylic acids is 1. The van der Waals surface area contributed by atoms with Crippen LogP contribution in [0.2, 0.25) is 0 Å². The lowest BCUT2D eigenvalue weighted by Crippen LogP contribution is -2.45. The van der Waals surface area contributed by atoms with Crippen molar-refractivity contribution in [2.45, 2.75) is 25.5 Å². The highest BCUT2D eigenvalue weighted by atomic mass is 16.4. The van der Waals surface area contributed by atoms with Crippen molar-refractivity contribution in [3.63, 3.8) is 0 Å². The van der Waals surface area contributed by atoms with Gasteiger partial charge >= 0.3 is 5.97 Å². The van der Waals surface area contributed by atoms with Crippen molar-refractivity contribution in [1.29, 1.82) is 0 Å². The summed E-state index contributed by atoms with van der Waals surface area (Å²) < 4.78 is 0. The van der Waals surface area contributed by atoms with E-state index in [1.54, 1.807) is 24.3 Å². The predicted molar refractivity (Wildman–Crippen MR) is 61.4 cm³/mol. The molecular weight excluding hydrogens is 222 g/mol. The van der Waals surface area contributed by atoms with E-state index >= 15 is 0 Å². The fraction of sp³-hybridized carbons (Fsp3) is 0.333. The van der Waals surface area contributed by atoms with Gasteiger partial charge in [0, 0.05) is 6.42 Å². The molecule has 1 amide bonds. The number of nitrogens with one attached hydrogen (secondary N) is 1. The smallest absolute Gasteiger partial charge is 0.326 e. The van der Waals surface area contributed by atoms with E-state index in [1.807, 2.05) is 6.07 Å². The molecule has 2 atom stereocenters. The van der Waals surface area contributed by atoms with E-state index in [-0.39, 0.29) is 6.42 Å². The van der Waals surface area contributed by atoms with Crippen molar-refractivity contribution >= 4 is 11.9 Å². The summed E-state index contributed by atoms with van der Waals surface area (Å²) >= 11 is 0. The molecule has 0 aliphatic heterocycles. The fourth-order valence-corrected chi connectivity index (χ4v) is 1.34. The zero-order valence-electron chi connectivity index (χ0n) is 9.46. The predicted octanol–water partition coefficient (Wildman–Crippen LogP) is 0.179. The molecule has 5 nitrogen and oxygen atoms in total. The highest BCUT2D eigenvalue weighted by Gasteiger charge is 2.22. The van der Waals surface area contributed by atoms with Gasteiger partial charge < -0.3 is 15.5 Å². The van der Waals surface area contributed by atoms with Crippen molar-refractivity contribution in [3.8, 4) is 0 Å². The van der Waals surface area contributed by atoms with Crippen LogP contribution in [-0.4, -0.2) is 34.2 Å². The van der Waals surface area contributed by atoms with E-state index in [4.69, 9.17) is 10.2 Å². The molecule has 0 spiro atoms. The second kappa shape index (κ2) is 6.00. The summed E-state index contributed by atoms with van der Waals surface area (Å²) in [7, 11) is 0. The molecule has 3 N–H and O–H groups in total. The van der Waals surface area contributed by atoms with Crippen LogP contribution >= 0.6 is 0 Å². The number of carbonyl (C=O) groups is 2. The average Bonchev–Trinajstić information content (AvgIpc) is 2.29. The maximum atomic E-state index is 11.2. The van der Waals surface area contributed by atoms with Gasteiger partial charge in [0.1, 0.15) is 12.1 Å². The van der Waals surface area contributed by atoms with E-state index in [0.717, 1.165) is 5.56 Å². The van der Waals surface area contributed by atoms with Gasteiger partial charge in [-0.1, -0.05) is 30.3 Å². The van der Waals surface area contributed by atoms with E-state index in [9.17, 15) is 9.59 Å². The average molecular weight is 237 g/mol. The first kappa shape index (κ1) is 13.2. The van der Waals surface area contributed by atoms with Crippen molar-refractivity contribution in [2.75, 3.05) is 0 Å². The number of aliphatic hydroxyl groups is 1. The second-order valence-corrected chi connectivity index (χ2v) is 3.77. The highest BCUT2D eigenvalue weighted by Crippen LogP contribution is 2.03. The van der Waals surface area contributed by atoms with Gasteiger partial charge in [0.15, 0.2) is 0 Å². The first-order chi connectivity index (χ1) is 8.00. The van der Waals surface area contributed by atoms with Crippen LogP contribution in [0.4, 0.5) is 0 Å². The second-order valence-electron chi connectivity index (χ2n) is 3.77. The maximum absolute atomic E-state index is 11.2. The quantitative estimate of drug-likeness (QED) is 0.681. The molecule has 92 valence electrons. The van der Waals surface area contributed by atoms with Gasteiger partial charge in [-0.3, -0.25) is 4.79 Å². The van der Waals surface area contributed by atoms with E-state index in [1.165, 1.54) is 6.92 Å². The van der Waals surface area contributed by atoms with Crippen LogP contribution in [0.5, 0.6) is 0 Å². The molecule has 0 aromatic heterocycles. The Morgan fingerprint density at radius 3 is 2.35 bits per heavy atom. The molecular formula is C12H15NO4. The molecule has 0 aliphatic rings. The SMILES string of the molecule is CC(O)C(=O)NC(Cc1ccccc1)C(=O)O. The minimum atomic E-state index is -1.22. The van der Waals surface area contributed by atoms with Crippen LogP contribution in [0.15, 0.2) is 30.3 Å². The molecule has 5 heteroatoms. The molecule has 0 saturated carbocycles. The summed E-state index contributed by atoms with van der Waals surface area (Å²) in [5.74, 6) is -1.81. The van der Waals surface area contributed by atoms with Gasteiger partial charge in [-0.05, 0) is 12.5 Å². The molecule has 0 fully saturated rings. The Bertz CT molecular complexity index is 389. The summed E-state index contributed by atoms with van der Waals surface area (Å²) in [6, 6.07) is 7.96. The van der Waals surface area contributed by atoms with Gasteiger partial charge in [-0.15, -0.1) is 0 Å². The number of hydrogen-bond donors (Lipinski definition) is 3. The summed E-state index contributed by atoms with van der Waals surface area (Å²) in [5.41, 5.74) is 0.811. The number of rotatable bonds is 5. The summed E-state index contributed by atoms with van der Waals surface area (Å²) in [6.45, 7) is 1.29. The molecule has 0 bridgehead atoms. The number of amides is 1. The highest BCUT2D eigenvalue weighted by molar-refractivity contribution is 5.86. The summed E-state index contributed by atoms with van der Waals surface area (Å²) in [4.78, 5) is 22.2. The van der Waals surface area contributed by atoms with Gasteiger partial charge in [0.25, 0.3) is 0 Å². The van der Waals surface area contributed by atoms with Crippen LogP contribution in [0, 0.1) is 0 Å². The molecule has 1 aromatic carbocycles. The Hall–Kier alpha value is -1.88. The Labute approximate surface area is 99.1 Å². The third-order valence-corrected chi connectivity index (χ3v) is 2.28. The van der Waals surface area contributed by atoms with Crippen molar-refractivity contribution in [3.05, 3.63) is 35.9 Å². The molecule has 0 aliphatic carbocycles. The normalized spacial score (nSPS) is 13.8. The van der Waals surface area contributed by atoms with Crippen LogP contribution in [0.25, 0.3) is 0 Å². The molecule has 1 aromatic rings. The number of hydrogen-bond acceptors (Lipinski definition) is 3. The van der Waals surface area contributed by atoms with Crippen LogP contribution in [0.1, 0.15) is 12.5 Å². The monoisotopic (exact) mass is 237 g/mol. The van der Waals surface area contributed by atoms with Crippen molar-refractivity contribution < 1.29 is 19.8 Å². The number of carboxylic acid groups (broad SMARTS) is 1. The molecule has 17 heavy (non-hydrogen) atoms. The summed E-state index contributed by atoms with van der Waals surface area (Å²) in [5, 5.41) is 20.3. The van der Waals surface area contributed by atoms with E-state index in [2.05, 4.69) is 5.32 Å². The largest absolute Gasteiger partial charge is 0.480 e. The molecule has 2 unspecified atom stereocenters. The first-order valence-corrected chi connectivity index (χ1v) is 5.26. The first-order valence-electron chi connectivity index (χ1n) is 5.26. The molecule has 0 saturated heterocycles. The molecule has 0 radical (unpaired) electrons. The minimum absolute atomic E-state index is 0.189. The lowest BCUT2D eigenvalue weighted by atomic mass is 10.1. The summed E-state index contributed by atoms with van der Waals surface area (Å²) in [6.07, 6.45) is -1.03. The van der Waals surface area contributed by atoms with Crippen molar-refractivity contribution in [2.24, 2.45) is 0 Å². The van der Waals surface area contributed by atoms with Gasteiger partial charge in [-0.2, -0.15) is 0 Å². The van der Waals surface area contributed by atoms with Crippen LogP contribution in [-0.2, 0) is 16.0 Å². The Balaban J connectivity index is 2.68. The Morgan fingerprint density at radius 2 is 1.88 bits per heavy atom. The van der Waals surface area contributed by atoms with Crippen LogP contribution < -0.4 is 5.32 Å². The van der Waals surface area contributed by atoms with Gasteiger partial charge in [0.2, 0.25) is 5.91 Å². The molecule has 1 rings (SSSR count). The minimum Gasteiger partial charge on any atom is -0.480 e.